The van der Waals surface area contributed by atoms with Crippen molar-refractivity contribution in [2.75, 3.05) is 52.4 Å². The Labute approximate surface area is 581 Å². The van der Waals surface area contributed by atoms with Crippen molar-refractivity contribution in [3.05, 3.63) is 282 Å². The molecule has 0 aliphatic rings. The van der Waals surface area contributed by atoms with E-state index in [0.29, 0.717) is 87.1 Å². The van der Waals surface area contributed by atoms with Crippen molar-refractivity contribution in [2.45, 2.75) is 88.4 Å². The monoisotopic (exact) mass is 1520 g/mol. The van der Waals surface area contributed by atoms with Crippen molar-refractivity contribution < 1.29 is 114 Å². The lowest BCUT2D eigenvalue weighted by Gasteiger charge is -2.15. The van der Waals surface area contributed by atoms with Crippen molar-refractivity contribution in [2.24, 2.45) is 45.9 Å². The molecule has 8 aromatic rings. The van der Waals surface area contributed by atoms with Gasteiger partial charge >= 0.3 is 37.1 Å². The van der Waals surface area contributed by atoms with E-state index in [1.807, 2.05) is 6.07 Å². The van der Waals surface area contributed by atoms with E-state index < -0.39 is 111 Å². The molecule has 576 valence electrons. The van der Waals surface area contributed by atoms with Crippen LogP contribution in [0.5, 0.6) is 0 Å². The van der Waals surface area contributed by atoms with E-state index in [0.717, 1.165) is 71.8 Å². The lowest BCUT2D eigenvalue weighted by Crippen LogP contribution is -2.15. The van der Waals surface area contributed by atoms with Gasteiger partial charge in [-0.05, 0) is 239 Å². The molecule has 34 heteroatoms. The van der Waals surface area contributed by atoms with E-state index >= 15 is 0 Å². The molecule has 0 unspecified atom stereocenters. The van der Waals surface area contributed by atoms with Gasteiger partial charge in [0.2, 0.25) is 0 Å². The zero-order valence-electron chi connectivity index (χ0n) is 54.8. The van der Waals surface area contributed by atoms with E-state index in [1.54, 1.807) is 12.1 Å². The second-order valence-corrected chi connectivity index (χ2v) is 21.4. The van der Waals surface area contributed by atoms with E-state index in [9.17, 15) is 114 Å². The number of alkyl halides is 18. The van der Waals surface area contributed by atoms with Gasteiger partial charge in [-0.15, -0.1) is 0 Å². The van der Waals surface area contributed by atoms with Crippen LogP contribution in [0.4, 0.5) is 114 Å². The summed E-state index contributed by atoms with van der Waals surface area (Å²) in [6.45, 7) is 2.30. The van der Waals surface area contributed by atoms with Crippen LogP contribution in [0, 0.1) is 46.5 Å². The molecular weight excluding hydrogens is 1450 g/mol. The van der Waals surface area contributed by atoms with Crippen LogP contribution in [0.15, 0.2) is 158 Å². The Morgan fingerprint density at radius 3 is 1.03 bits per heavy atom. The molecule has 0 spiro atoms. The third-order valence-electron chi connectivity index (χ3n) is 13.3. The summed E-state index contributed by atoms with van der Waals surface area (Å²) in [5.41, 5.74) is 38.2. The molecule has 16 N–H and O–H groups in total. The Kier molecular flexibility index (Phi) is 40.6. The number of hydrogen-bond donors (Lipinski definition) is 8. The highest BCUT2D eigenvalue weighted by Crippen LogP contribution is 2.38. The maximum absolute atomic E-state index is 13.2. The van der Waals surface area contributed by atoms with Crippen molar-refractivity contribution in [3.8, 4) is 0 Å². The standard InChI is InChI=1S/C10H9F6N.3C9H9F4N.C9H10F3N.2C8H9F2N.C8H10FN/c11-9(12,13)7-2-1-6(3-4-17)8(5-7)10(14,15)16;10-8-4-6(1-2-14)3-7(5-8)9(11,12)13;10-8-2-1-6(3-4-14)5-7(8)9(11,12)13;10-8-6(4-5-14)2-1-3-7(8)9(11,12)13;10-9(11,12)8-3-1-7(2-4-8)5-6-13;9-7-3-6(1-2-11)4-8(10)5-7;9-7-2-1-6(3-4-11)5-8(7)10;9-8-4-2-1-3-7(8)5-6-10/h1-2,5H,3-4,17H2;3-5H,1-2,14H2;1-2,5H,3-4,14H2;1-3H,4-5,14H2;1-4H,5-6,13H2;3-5H,1-2,11H2;1-2,5H,3-4,11H2;1-4H,5-6,10H2. The fourth-order valence-corrected chi connectivity index (χ4v) is 8.44. The van der Waals surface area contributed by atoms with Gasteiger partial charge in [-0.1, -0.05) is 60.7 Å². The predicted molar refractivity (Wildman–Crippen MR) is 343 cm³/mol. The Balaban J connectivity index is 0.000000597. The summed E-state index contributed by atoms with van der Waals surface area (Å²) in [6.07, 6.45) is -24.8. The molecule has 0 saturated heterocycles. The first-order valence-corrected chi connectivity index (χ1v) is 30.6. The molecule has 8 rings (SSSR count). The van der Waals surface area contributed by atoms with Crippen LogP contribution in [0.2, 0.25) is 0 Å². The first-order chi connectivity index (χ1) is 48.3. The summed E-state index contributed by atoms with van der Waals surface area (Å²) in [6, 6.07) is 29.1. The van der Waals surface area contributed by atoms with Gasteiger partial charge in [0, 0.05) is 6.07 Å². The molecule has 0 heterocycles. The fraction of sp³-hybridized carbons (Fsp3) is 0.314. The van der Waals surface area contributed by atoms with Crippen LogP contribution in [0.1, 0.15) is 77.9 Å². The predicted octanol–water partition coefficient (Wildman–Crippen LogP) is 16.7. The van der Waals surface area contributed by atoms with Gasteiger partial charge in [0.1, 0.15) is 34.9 Å². The molecule has 0 radical (unpaired) electrons. The molecule has 0 aromatic heterocycles. The topological polar surface area (TPSA) is 208 Å². The van der Waals surface area contributed by atoms with Gasteiger partial charge in [0.25, 0.3) is 0 Å². The average Bonchev–Trinajstić information content (AvgIpc) is 0.810. The Hall–Kier alpha value is -8.38. The second kappa shape index (κ2) is 45.1. The van der Waals surface area contributed by atoms with Gasteiger partial charge in [0.05, 0.1) is 33.4 Å². The van der Waals surface area contributed by atoms with Gasteiger partial charge < -0.3 is 45.9 Å². The molecule has 0 bridgehead atoms. The van der Waals surface area contributed by atoms with Crippen molar-refractivity contribution in [1.29, 1.82) is 0 Å². The van der Waals surface area contributed by atoms with Gasteiger partial charge in [-0.25, -0.2) is 35.1 Å². The minimum absolute atomic E-state index is 0.00215. The molecule has 0 atom stereocenters. The molecular formula is C70H74F26N8. The second-order valence-electron chi connectivity index (χ2n) is 21.4. The molecule has 0 saturated carbocycles. The van der Waals surface area contributed by atoms with E-state index in [1.165, 1.54) is 60.7 Å². The maximum Gasteiger partial charge on any atom is 0.419 e. The normalized spacial score (nSPS) is 11.4. The van der Waals surface area contributed by atoms with Crippen LogP contribution in [0.25, 0.3) is 0 Å². The minimum Gasteiger partial charge on any atom is -0.330 e. The molecule has 8 aromatic carbocycles. The van der Waals surface area contributed by atoms with E-state index in [4.69, 9.17) is 45.9 Å². The van der Waals surface area contributed by atoms with Gasteiger partial charge in [0.15, 0.2) is 11.6 Å². The third-order valence-corrected chi connectivity index (χ3v) is 13.3. The highest BCUT2D eigenvalue weighted by Gasteiger charge is 2.39. The fourth-order valence-electron chi connectivity index (χ4n) is 8.44. The molecule has 0 amide bonds. The maximum atomic E-state index is 13.2. The summed E-state index contributed by atoms with van der Waals surface area (Å²) in [5, 5.41) is 0. The first kappa shape index (κ1) is 93.6. The lowest BCUT2D eigenvalue weighted by molar-refractivity contribution is -0.144. The van der Waals surface area contributed by atoms with Crippen LogP contribution >= 0.6 is 0 Å². The highest BCUT2D eigenvalue weighted by molar-refractivity contribution is 5.36. The summed E-state index contributed by atoms with van der Waals surface area (Å²) < 4.78 is 322. The first-order valence-electron chi connectivity index (χ1n) is 30.6. The van der Waals surface area contributed by atoms with Crippen LogP contribution in [0.3, 0.4) is 0 Å². The number of halogens is 26. The Morgan fingerprint density at radius 1 is 0.212 bits per heavy atom. The smallest absolute Gasteiger partial charge is 0.330 e. The molecule has 0 aliphatic heterocycles. The number of rotatable bonds is 16. The van der Waals surface area contributed by atoms with Crippen molar-refractivity contribution >= 4 is 0 Å². The van der Waals surface area contributed by atoms with Crippen LogP contribution in [-0.4, -0.2) is 52.4 Å². The quantitative estimate of drug-likeness (QED) is 0.0436. The zero-order valence-corrected chi connectivity index (χ0v) is 54.8. The Morgan fingerprint density at radius 2 is 0.587 bits per heavy atom. The minimum atomic E-state index is -4.81. The Bertz CT molecular complexity index is 3750. The average molecular weight is 1520 g/mol. The van der Waals surface area contributed by atoms with Gasteiger partial charge in [-0.3, -0.25) is 0 Å². The SMILES string of the molecule is NCCc1cc(F)cc(C(F)(F)F)c1.NCCc1cc(F)cc(F)c1.NCCc1ccc(C(F)(F)F)cc1.NCCc1ccc(C(F)(F)F)cc1C(F)(F)F.NCCc1ccc(F)c(C(F)(F)F)c1.NCCc1ccc(F)c(F)c1.NCCc1cccc(C(F)(F)F)c1F.NCCc1ccccc1F. The van der Waals surface area contributed by atoms with E-state index in [-0.39, 0.29) is 74.0 Å². The molecule has 104 heavy (non-hydrogen) atoms. The van der Waals surface area contributed by atoms with Crippen molar-refractivity contribution in [3.63, 3.8) is 0 Å². The zero-order chi connectivity index (χ0) is 79.4. The summed E-state index contributed by atoms with van der Waals surface area (Å²) >= 11 is 0. The lowest BCUT2D eigenvalue weighted by atomic mass is 10.0. The molecule has 8 nitrogen and oxygen atoms in total. The van der Waals surface area contributed by atoms with Crippen LogP contribution in [-0.2, 0) is 88.4 Å². The third kappa shape index (κ3) is 35.9. The highest BCUT2D eigenvalue weighted by atomic mass is 19.4. The van der Waals surface area contributed by atoms with E-state index in [2.05, 4.69) is 0 Å². The largest absolute Gasteiger partial charge is 0.419 e. The van der Waals surface area contributed by atoms with Crippen LogP contribution < -0.4 is 45.9 Å². The number of nitrogens with two attached hydrogens (primary N) is 8. The van der Waals surface area contributed by atoms with Gasteiger partial charge in [-0.2, -0.15) is 79.0 Å². The number of hydrogen-bond acceptors (Lipinski definition) is 8. The summed E-state index contributed by atoms with van der Waals surface area (Å²) in [4.78, 5) is 0. The summed E-state index contributed by atoms with van der Waals surface area (Å²) in [7, 11) is 0. The number of benzene rings is 8. The summed E-state index contributed by atoms with van der Waals surface area (Å²) in [5.74, 6) is -6.23. The molecule has 0 aliphatic carbocycles. The van der Waals surface area contributed by atoms with Crippen molar-refractivity contribution in [1.82, 2.24) is 0 Å². The molecule has 0 fully saturated rings.